The van der Waals surface area contributed by atoms with Crippen molar-refractivity contribution >= 4 is 55.9 Å². The smallest absolute Gasteiger partial charge is 0.0542 e. The molecule has 4 nitrogen and oxygen atoms in total. The molecule has 0 unspecified atom stereocenters. The van der Waals surface area contributed by atoms with Crippen molar-refractivity contribution in [3.05, 3.63) is 352 Å². The van der Waals surface area contributed by atoms with Gasteiger partial charge in [0.25, 0.3) is 0 Å². The number of aromatic nitrogens is 2. The van der Waals surface area contributed by atoms with Gasteiger partial charge >= 0.3 is 0 Å². The van der Waals surface area contributed by atoms with Gasteiger partial charge in [-0.3, -0.25) is 0 Å². The van der Waals surface area contributed by atoms with Crippen LogP contribution in [0.15, 0.2) is 352 Å². The first-order valence-corrected chi connectivity index (χ1v) is 29.4. The highest BCUT2D eigenvalue weighted by molar-refractivity contribution is 6.03. The van der Waals surface area contributed by atoms with Gasteiger partial charge in [0.2, 0.25) is 0 Å². The van der Waals surface area contributed by atoms with Crippen LogP contribution in [0, 0.1) is 0 Å². The van der Waals surface area contributed by atoms with Crippen LogP contribution in [0.5, 0.6) is 0 Å². The zero-order valence-corrected chi connectivity index (χ0v) is 47.3. The standard InChI is InChI=1S/C82H58N4/c1-9-25-59(26-10-1)65-49-66(60-27-11-2-12-28-60)52-77(51-65)85-79(63-41-45-75(46-42-63)83(71-33-17-5-18-34-71)72-35-19-6-20-36-72)55-69-58-82-70(57-81(69)85)56-80(64-43-47-76(48-44-64)84(73-37-21-7-22-38-73)74-39-23-8-24-40-74)86(82)78-53-67(61-29-13-3-14-30-61)50-68(54-78)62-31-15-4-16-32-62/h1-58H. The second-order valence-corrected chi connectivity index (χ2v) is 21.8. The maximum Gasteiger partial charge on any atom is 0.0542 e. The van der Waals surface area contributed by atoms with Gasteiger partial charge in [-0.2, -0.15) is 0 Å². The highest BCUT2D eigenvalue weighted by Crippen LogP contribution is 2.44. The molecule has 0 bridgehead atoms. The molecular weight excluding hydrogens is 1040 g/mol. The van der Waals surface area contributed by atoms with E-state index >= 15 is 0 Å². The van der Waals surface area contributed by atoms with E-state index in [2.05, 4.69) is 371 Å². The van der Waals surface area contributed by atoms with E-state index in [9.17, 15) is 0 Å². The molecule has 0 aliphatic carbocycles. The Bertz CT molecular complexity index is 4290. The van der Waals surface area contributed by atoms with Gasteiger partial charge in [-0.1, -0.05) is 218 Å². The summed E-state index contributed by atoms with van der Waals surface area (Å²) < 4.78 is 4.98. The number of nitrogens with zero attached hydrogens (tertiary/aromatic N) is 4. The van der Waals surface area contributed by atoms with Crippen LogP contribution in [-0.4, -0.2) is 9.13 Å². The molecule has 0 fully saturated rings. The van der Waals surface area contributed by atoms with E-state index in [1.165, 1.54) is 0 Å². The molecule has 2 aromatic heterocycles. The topological polar surface area (TPSA) is 16.3 Å². The van der Waals surface area contributed by atoms with E-state index in [1.54, 1.807) is 0 Å². The third kappa shape index (κ3) is 10.0. The van der Waals surface area contributed by atoms with E-state index in [-0.39, 0.29) is 0 Å². The van der Waals surface area contributed by atoms with Crippen LogP contribution in [0.3, 0.4) is 0 Å². The molecule has 0 spiro atoms. The lowest BCUT2D eigenvalue weighted by Gasteiger charge is -2.25. The average Bonchev–Trinajstić information content (AvgIpc) is 4.17. The second-order valence-electron chi connectivity index (χ2n) is 21.8. The number of hydrogen-bond donors (Lipinski definition) is 0. The predicted octanol–water partition coefficient (Wildman–Crippen LogP) is 22.5. The Labute approximate surface area is 502 Å². The van der Waals surface area contributed by atoms with E-state index < -0.39 is 0 Å². The summed E-state index contributed by atoms with van der Waals surface area (Å²) in [7, 11) is 0. The summed E-state index contributed by atoms with van der Waals surface area (Å²) in [4.78, 5) is 4.65. The minimum Gasteiger partial charge on any atom is -0.311 e. The molecule has 15 rings (SSSR count). The molecule has 2 heterocycles. The van der Waals surface area contributed by atoms with Gasteiger partial charge < -0.3 is 18.9 Å². The van der Waals surface area contributed by atoms with Gasteiger partial charge in [0, 0.05) is 56.3 Å². The third-order valence-corrected chi connectivity index (χ3v) is 16.4. The number of anilines is 6. The number of fused-ring (bicyclic) bond motifs is 2. The lowest BCUT2D eigenvalue weighted by molar-refractivity contribution is 1.13. The van der Waals surface area contributed by atoms with Crippen molar-refractivity contribution in [1.82, 2.24) is 9.13 Å². The number of rotatable bonds is 14. The molecule has 15 aromatic rings. The van der Waals surface area contributed by atoms with Gasteiger partial charge in [-0.15, -0.1) is 0 Å². The lowest BCUT2D eigenvalue weighted by atomic mass is 9.97. The summed E-state index contributed by atoms with van der Waals surface area (Å²) in [6.07, 6.45) is 0. The molecular formula is C82H58N4. The molecule has 0 N–H and O–H groups in total. The fourth-order valence-corrected chi connectivity index (χ4v) is 12.3. The molecule has 86 heavy (non-hydrogen) atoms. The van der Waals surface area contributed by atoms with Crippen molar-refractivity contribution in [3.63, 3.8) is 0 Å². The van der Waals surface area contributed by atoms with Crippen molar-refractivity contribution in [2.75, 3.05) is 9.80 Å². The van der Waals surface area contributed by atoms with Crippen molar-refractivity contribution in [2.24, 2.45) is 0 Å². The number of benzene rings is 13. The highest BCUT2D eigenvalue weighted by atomic mass is 15.1. The predicted molar refractivity (Wildman–Crippen MR) is 362 cm³/mol. The molecule has 0 aliphatic heterocycles. The molecule has 0 saturated carbocycles. The molecule has 0 atom stereocenters. The third-order valence-electron chi connectivity index (χ3n) is 16.4. The van der Waals surface area contributed by atoms with Crippen LogP contribution >= 0.6 is 0 Å². The molecule has 0 amide bonds. The first-order chi connectivity index (χ1) is 42.6. The van der Waals surface area contributed by atoms with E-state index in [0.29, 0.717) is 0 Å². The summed E-state index contributed by atoms with van der Waals surface area (Å²) >= 11 is 0. The second kappa shape index (κ2) is 22.7. The first-order valence-electron chi connectivity index (χ1n) is 29.4. The Morgan fingerprint density at radius 1 is 0.174 bits per heavy atom. The van der Waals surface area contributed by atoms with Crippen molar-refractivity contribution in [2.45, 2.75) is 0 Å². The minimum absolute atomic E-state index is 1.08. The summed E-state index contributed by atoms with van der Waals surface area (Å²) in [6, 6.07) is 128. The maximum atomic E-state index is 2.49. The molecule has 0 radical (unpaired) electrons. The van der Waals surface area contributed by atoms with Gasteiger partial charge in [-0.25, -0.2) is 0 Å². The largest absolute Gasteiger partial charge is 0.311 e. The Morgan fingerprint density at radius 2 is 0.407 bits per heavy atom. The summed E-state index contributed by atoms with van der Waals surface area (Å²) in [6.45, 7) is 0. The quantitative estimate of drug-likeness (QED) is 0.108. The van der Waals surface area contributed by atoms with Crippen molar-refractivity contribution in [3.8, 4) is 78.4 Å². The first kappa shape index (κ1) is 51.4. The Hall–Kier alpha value is -11.5. The van der Waals surface area contributed by atoms with Gasteiger partial charge in [0.1, 0.15) is 0 Å². The Kier molecular flexibility index (Phi) is 13.6. The fraction of sp³-hybridized carbons (Fsp3) is 0. The van der Waals surface area contributed by atoms with Crippen LogP contribution in [0.25, 0.3) is 100 Å². The van der Waals surface area contributed by atoms with Crippen LogP contribution in [0.1, 0.15) is 0 Å². The normalized spacial score (nSPS) is 11.3. The molecule has 406 valence electrons. The molecule has 13 aromatic carbocycles. The van der Waals surface area contributed by atoms with Crippen LogP contribution < -0.4 is 9.80 Å². The molecule has 4 heteroatoms. The zero-order valence-electron chi connectivity index (χ0n) is 47.3. The fourth-order valence-electron chi connectivity index (χ4n) is 12.3. The van der Waals surface area contributed by atoms with Gasteiger partial charge in [0.05, 0.1) is 22.4 Å². The van der Waals surface area contributed by atoms with Crippen LogP contribution in [0.2, 0.25) is 0 Å². The van der Waals surface area contributed by atoms with Crippen LogP contribution in [-0.2, 0) is 0 Å². The lowest BCUT2D eigenvalue weighted by Crippen LogP contribution is -2.09. The highest BCUT2D eigenvalue weighted by Gasteiger charge is 2.22. The van der Waals surface area contributed by atoms with Crippen molar-refractivity contribution < 1.29 is 0 Å². The average molecular weight is 1100 g/mol. The van der Waals surface area contributed by atoms with Crippen molar-refractivity contribution in [1.29, 1.82) is 0 Å². The Morgan fingerprint density at radius 3 is 0.663 bits per heavy atom. The van der Waals surface area contributed by atoms with E-state index in [4.69, 9.17) is 0 Å². The minimum atomic E-state index is 1.08. The zero-order chi connectivity index (χ0) is 57.2. The summed E-state index contributed by atoms with van der Waals surface area (Å²) in [5.74, 6) is 0. The van der Waals surface area contributed by atoms with E-state index in [1.807, 2.05) is 0 Å². The van der Waals surface area contributed by atoms with Gasteiger partial charge in [-0.05, 0) is 189 Å². The molecule has 0 aliphatic rings. The Balaban J connectivity index is 0.973. The molecule has 0 saturated heterocycles. The van der Waals surface area contributed by atoms with Gasteiger partial charge in [0.15, 0.2) is 0 Å². The maximum absolute atomic E-state index is 2.49. The number of para-hydroxylation sites is 4. The van der Waals surface area contributed by atoms with Crippen LogP contribution in [0.4, 0.5) is 34.1 Å². The monoisotopic (exact) mass is 1100 g/mol. The SMILES string of the molecule is c1ccc(-c2cc(-c3ccccc3)cc(-n3c(-c4ccc(N(c5ccccc5)c5ccccc5)cc4)cc4cc5c(cc(-c6ccc(N(c7ccccc7)c7ccccc7)cc6)n5-c5cc(-c6ccccc6)cc(-c6ccccc6)c5)cc43)c2)cc1. The summed E-state index contributed by atoms with van der Waals surface area (Å²) in [5, 5.41) is 2.26. The number of hydrogen-bond acceptors (Lipinski definition) is 2. The van der Waals surface area contributed by atoms with E-state index in [0.717, 1.165) is 134 Å². The summed E-state index contributed by atoms with van der Waals surface area (Å²) in [5.41, 5.74) is 24.6.